The van der Waals surface area contributed by atoms with E-state index >= 15 is 0 Å². The lowest BCUT2D eigenvalue weighted by Crippen LogP contribution is -2.47. The van der Waals surface area contributed by atoms with E-state index in [4.69, 9.17) is 14.9 Å². The van der Waals surface area contributed by atoms with Gasteiger partial charge in [0.05, 0.1) is 13.2 Å². The van der Waals surface area contributed by atoms with Gasteiger partial charge in [-0.1, -0.05) is 110 Å². The van der Waals surface area contributed by atoms with Gasteiger partial charge in [-0.15, -0.1) is 0 Å². The van der Waals surface area contributed by atoms with Gasteiger partial charge in [0.1, 0.15) is 12.1 Å². The second-order valence-corrected chi connectivity index (χ2v) is 11.6. The number of hydrogen-bond donors (Lipinski definition) is 4. The maximum absolute atomic E-state index is 12.5. The van der Waals surface area contributed by atoms with Crippen LogP contribution in [-0.2, 0) is 23.9 Å². The van der Waals surface area contributed by atoms with Crippen LogP contribution in [0.3, 0.4) is 0 Å². The molecule has 0 spiro atoms. The number of aliphatic hydroxyl groups excluding tert-OH is 1. The van der Waals surface area contributed by atoms with E-state index in [9.17, 15) is 19.2 Å². The number of hydrogen-bond acceptors (Lipinski definition) is 6. The molecule has 2 amide bonds. The first-order valence-corrected chi connectivity index (χ1v) is 16.9. The fraction of sp³-hybridized carbons (Fsp3) is 0.879. The van der Waals surface area contributed by atoms with Crippen LogP contribution in [0.4, 0.5) is 0 Å². The molecule has 0 fully saturated rings. The second-order valence-electron chi connectivity index (χ2n) is 11.6. The highest BCUT2D eigenvalue weighted by molar-refractivity contribution is 5.87. The van der Waals surface area contributed by atoms with Crippen molar-refractivity contribution in [3.05, 3.63) is 0 Å². The number of carboxylic acids is 1. The number of carbonyl (C=O) groups is 4. The smallest absolute Gasteiger partial charge is 0.328 e. The van der Waals surface area contributed by atoms with E-state index < -0.39 is 24.5 Å². The monoisotopic (exact) mass is 598 g/mol. The Morgan fingerprint density at radius 2 is 1.07 bits per heavy atom. The number of carboxylic acid groups (broad SMARTS) is 1. The Labute approximate surface area is 255 Å². The fourth-order valence-corrected chi connectivity index (χ4v) is 4.95. The summed E-state index contributed by atoms with van der Waals surface area (Å²) < 4.78 is 5.86. The summed E-state index contributed by atoms with van der Waals surface area (Å²) in [5.74, 6) is -2.38. The van der Waals surface area contributed by atoms with Gasteiger partial charge in [0.2, 0.25) is 11.8 Å². The van der Waals surface area contributed by atoms with Gasteiger partial charge in [-0.25, -0.2) is 4.79 Å². The van der Waals surface area contributed by atoms with Crippen LogP contribution in [0.1, 0.15) is 162 Å². The van der Waals surface area contributed by atoms with E-state index in [1.807, 2.05) is 0 Å². The Kier molecular flexibility index (Phi) is 27.4. The maximum Gasteiger partial charge on any atom is 0.328 e. The lowest BCUT2D eigenvalue weighted by Gasteiger charge is -2.18. The van der Waals surface area contributed by atoms with Crippen molar-refractivity contribution >= 4 is 23.8 Å². The molecular formula is C33H62N2O7. The quantitative estimate of drug-likeness (QED) is 0.0540. The number of ether oxygens (including phenoxy) is 1. The summed E-state index contributed by atoms with van der Waals surface area (Å²) in [6.45, 7) is 3.37. The molecule has 0 heterocycles. The molecule has 0 aromatic heterocycles. The number of unbranched alkanes of at least 4 members (excludes halogenated alkanes) is 16. The second kappa shape index (κ2) is 28.9. The zero-order chi connectivity index (χ0) is 31.3. The molecule has 2 unspecified atom stereocenters. The van der Waals surface area contributed by atoms with Crippen LogP contribution in [0.2, 0.25) is 0 Å². The molecule has 9 nitrogen and oxygen atoms in total. The van der Waals surface area contributed by atoms with Crippen molar-refractivity contribution in [1.82, 2.24) is 10.6 Å². The number of aliphatic carboxylic acids is 1. The highest BCUT2D eigenvalue weighted by Crippen LogP contribution is 2.18. The van der Waals surface area contributed by atoms with Gasteiger partial charge >= 0.3 is 11.9 Å². The Hall–Kier alpha value is -2.16. The summed E-state index contributed by atoms with van der Waals surface area (Å²) in [7, 11) is 0. The number of rotatable bonds is 30. The molecule has 0 aliphatic rings. The molecule has 0 bridgehead atoms. The lowest BCUT2D eigenvalue weighted by atomic mass is 10.0. The molecule has 0 aliphatic heterocycles. The molecule has 0 saturated heterocycles. The van der Waals surface area contributed by atoms with Crippen molar-refractivity contribution in [2.75, 3.05) is 13.2 Å². The molecule has 42 heavy (non-hydrogen) atoms. The number of amides is 2. The van der Waals surface area contributed by atoms with Gasteiger partial charge in [0, 0.05) is 12.8 Å². The number of aliphatic hydroxyl groups is 1. The first kappa shape index (κ1) is 39.8. The minimum absolute atomic E-state index is 0.0714. The standard InChI is InChI=1S/C33H62N2O7/c1-3-5-7-9-10-11-12-13-14-15-16-21-25-32(39)42-28(22-18-8-6-4-2)23-19-17-20-24-30(37)34-26-31(38)35-29(27-36)33(40)41/h28-29,36H,3-27H2,1-2H3,(H,34,37)(H,35,38)(H,40,41). The van der Waals surface area contributed by atoms with Crippen molar-refractivity contribution in [2.45, 2.75) is 174 Å². The van der Waals surface area contributed by atoms with E-state index in [2.05, 4.69) is 24.5 Å². The van der Waals surface area contributed by atoms with E-state index in [1.54, 1.807) is 0 Å². The molecule has 0 aromatic carbocycles. The molecule has 9 heteroatoms. The Morgan fingerprint density at radius 1 is 0.619 bits per heavy atom. The molecule has 0 radical (unpaired) electrons. The normalized spacial score (nSPS) is 12.5. The zero-order valence-corrected chi connectivity index (χ0v) is 26.8. The first-order valence-electron chi connectivity index (χ1n) is 16.9. The third-order valence-electron chi connectivity index (χ3n) is 7.60. The molecule has 0 aliphatic carbocycles. The van der Waals surface area contributed by atoms with Gasteiger partial charge in [0.15, 0.2) is 0 Å². The minimum atomic E-state index is -1.39. The topological polar surface area (TPSA) is 142 Å². The van der Waals surface area contributed by atoms with Gasteiger partial charge in [-0.2, -0.15) is 0 Å². The largest absolute Gasteiger partial charge is 0.480 e. The lowest BCUT2D eigenvalue weighted by molar-refractivity contribution is -0.150. The van der Waals surface area contributed by atoms with Crippen molar-refractivity contribution < 1.29 is 34.1 Å². The minimum Gasteiger partial charge on any atom is -0.480 e. The molecule has 4 N–H and O–H groups in total. The van der Waals surface area contributed by atoms with Crippen LogP contribution in [0.25, 0.3) is 0 Å². The van der Waals surface area contributed by atoms with Crippen molar-refractivity contribution in [2.24, 2.45) is 0 Å². The maximum atomic E-state index is 12.5. The van der Waals surface area contributed by atoms with Crippen LogP contribution in [0.5, 0.6) is 0 Å². The van der Waals surface area contributed by atoms with Gasteiger partial charge in [-0.05, 0) is 38.5 Å². The molecule has 246 valence electrons. The van der Waals surface area contributed by atoms with Gasteiger partial charge in [-0.3, -0.25) is 14.4 Å². The summed E-state index contributed by atoms with van der Waals surface area (Å²) >= 11 is 0. The summed E-state index contributed by atoms with van der Waals surface area (Å²) in [4.78, 5) is 47.1. The Morgan fingerprint density at radius 3 is 1.57 bits per heavy atom. The Bertz CT molecular complexity index is 702. The van der Waals surface area contributed by atoms with E-state index in [1.165, 1.54) is 70.6 Å². The van der Waals surface area contributed by atoms with Crippen molar-refractivity contribution in [3.63, 3.8) is 0 Å². The van der Waals surface area contributed by atoms with Crippen LogP contribution in [0.15, 0.2) is 0 Å². The summed E-state index contributed by atoms with van der Waals surface area (Å²) in [6.07, 6.45) is 24.4. The van der Waals surface area contributed by atoms with E-state index in [-0.39, 0.29) is 30.9 Å². The molecular weight excluding hydrogens is 536 g/mol. The highest BCUT2D eigenvalue weighted by atomic mass is 16.5. The first-order chi connectivity index (χ1) is 20.3. The fourth-order valence-electron chi connectivity index (χ4n) is 4.95. The van der Waals surface area contributed by atoms with Crippen molar-refractivity contribution in [3.8, 4) is 0 Å². The summed E-state index contributed by atoms with van der Waals surface area (Å²) in [5.41, 5.74) is 0. The molecule has 0 saturated carbocycles. The van der Waals surface area contributed by atoms with E-state index in [0.717, 1.165) is 57.8 Å². The third kappa shape index (κ3) is 25.5. The number of carbonyl (C=O) groups excluding carboxylic acids is 3. The SMILES string of the molecule is CCCCCCCCCCCCCCC(=O)OC(CCCCCC)CCCCCC(=O)NCC(=O)NC(CO)C(=O)O. The Balaban J connectivity index is 4.09. The molecule has 0 rings (SSSR count). The van der Waals surface area contributed by atoms with Crippen molar-refractivity contribution in [1.29, 1.82) is 0 Å². The van der Waals surface area contributed by atoms with Crippen LogP contribution in [-0.4, -0.2) is 59.3 Å². The predicted octanol–water partition coefficient (Wildman–Crippen LogP) is 6.59. The summed E-state index contributed by atoms with van der Waals surface area (Å²) in [5, 5.41) is 22.4. The highest BCUT2D eigenvalue weighted by Gasteiger charge is 2.19. The average molecular weight is 599 g/mol. The average Bonchev–Trinajstić information content (AvgIpc) is 2.97. The van der Waals surface area contributed by atoms with E-state index in [0.29, 0.717) is 12.8 Å². The van der Waals surface area contributed by atoms with Crippen LogP contribution >= 0.6 is 0 Å². The predicted molar refractivity (Wildman–Crippen MR) is 167 cm³/mol. The molecule has 0 aromatic rings. The zero-order valence-electron chi connectivity index (χ0n) is 26.8. The summed E-state index contributed by atoms with van der Waals surface area (Å²) in [6, 6.07) is -1.39. The third-order valence-corrected chi connectivity index (χ3v) is 7.60. The van der Waals surface area contributed by atoms with Gasteiger partial charge < -0.3 is 25.6 Å². The van der Waals surface area contributed by atoms with Gasteiger partial charge in [0.25, 0.3) is 0 Å². The van der Waals surface area contributed by atoms with Crippen LogP contribution in [0, 0.1) is 0 Å². The molecule has 2 atom stereocenters. The number of nitrogens with one attached hydrogen (secondary N) is 2. The van der Waals surface area contributed by atoms with Crippen LogP contribution < -0.4 is 10.6 Å². The number of esters is 1.